The van der Waals surface area contributed by atoms with Gasteiger partial charge in [0.25, 0.3) is 5.91 Å². The van der Waals surface area contributed by atoms with Gasteiger partial charge < -0.3 is 23.8 Å². The van der Waals surface area contributed by atoms with E-state index in [9.17, 15) is 4.79 Å². The van der Waals surface area contributed by atoms with Crippen molar-refractivity contribution in [1.29, 1.82) is 0 Å². The van der Waals surface area contributed by atoms with Gasteiger partial charge in [-0.2, -0.15) is 0 Å². The van der Waals surface area contributed by atoms with Crippen molar-refractivity contribution < 1.29 is 23.7 Å². The van der Waals surface area contributed by atoms with Crippen molar-refractivity contribution in [3.8, 4) is 11.5 Å². The molecule has 6 heteroatoms. The van der Waals surface area contributed by atoms with E-state index in [1.165, 1.54) is 0 Å². The molecular weight excluding hydrogens is 334 g/mol. The fraction of sp³-hybridized carbons (Fsp3) is 0.650. The quantitative estimate of drug-likeness (QED) is 0.745. The molecule has 0 aliphatic carbocycles. The lowest BCUT2D eigenvalue weighted by Crippen LogP contribution is -2.50. The summed E-state index contributed by atoms with van der Waals surface area (Å²) in [6, 6.07) is 7.37. The first kappa shape index (κ1) is 19.0. The van der Waals surface area contributed by atoms with Crippen LogP contribution in [0.4, 0.5) is 0 Å². The standard InChI is InChI=1S/C20H29NO5/c1-23-13-7-16-8-14-26-20(16)9-11-21(12-10-20)19(22)15-25-18-6-4-3-5-17(18)24-2/h3-6,16H,7-15H2,1-2H3/t16-/m0/s1. The SMILES string of the molecule is COCC[C@H]1CCOC12CCN(C(=O)COc1ccccc1OC)CC2. The molecule has 0 unspecified atom stereocenters. The summed E-state index contributed by atoms with van der Waals surface area (Å²) in [6.45, 7) is 3.06. The van der Waals surface area contributed by atoms with Gasteiger partial charge >= 0.3 is 0 Å². The van der Waals surface area contributed by atoms with Crippen molar-refractivity contribution in [2.45, 2.75) is 31.3 Å². The molecule has 0 N–H and O–H groups in total. The second-order valence-corrected chi connectivity index (χ2v) is 7.00. The number of methoxy groups -OCH3 is 2. The largest absolute Gasteiger partial charge is 0.493 e. The molecule has 1 aromatic carbocycles. The summed E-state index contributed by atoms with van der Waals surface area (Å²) in [5.74, 6) is 1.77. The van der Waals surface area contributed by atoms with E-state index in [0.29, 0.717) is 17.4 Å². The number of ether oxygens (including phenoxy) is 4. The number of benzene rings is 1. The second-order valence-electron chi connectivity index (χ2n) is 7.00. The van der Waals surface area contributed by atoms with Crippen molar-refractivity contribution in [3.05, 3.63) is 24.3 Å². The summed E-state index contributed by atoms with van der Waals surface area (Å²) in [4.78, 5) is 14.4. The lowest BCUT2D eigenvalue weighted by atomic mass is 9.78. The predicted molar refractivity (Wildman–Crippen MR) is 97.6 cm³/mol. The maximum absolute atomic E-state index is 12.5. The van der Waals surface area contributed by atoms with Gasteiger partial charge in [0.15, 0.2) is 18.1 Å². The van der Waals surface area contributed by atoms with Gasteiger partial charge in [-0.3, -0.25) is 4.79 Å². The summed E-state index contributed by atoms with van der Waals surface area (Å²) < 4.78 is 22.3. The van der Waals surface area contributed by atoms with Gasteiger partial charge in [-0.15, -0.1) is 0 Å². The molecule has 0 aromatic heterocycles. The summed E-state index contributed by atoms with van der Waals surface area (Å²) in [5, 5.41) is 0. The molecule has 1 atom stereocenters. The topological polar surface area (TPSA) is 57.2 Å². The van der Waals surface area contributed by atoms with Gasteiger partial charge in [0.2, 0.25) is 0 Å². The third-order valence-electron chi connectivity index (χ3n) is 5.65. The van der Waals surface area contributed by atoms with E-state index in [2.05, 4.69) is 0 Å². The van der Waals surface area contributed by atoms with Gasteiger partial charge in [-0.1, -0.05) is 12.1 Å². The number of piperidine rings is 1. The fourth-order valence-corrected chi connectivity index (χ4v) is 4.11. The molecule has 2 fully saturated rings. The minimum absolute atomic E-state index is 0.0113. The van der Waals surface area contributed by atoms with E-state index in [4.69, 9.17) is 18.9 Å². The first-order chi connectivity index (χ1) is 12.7. The number of hydrogen-bond acceptors (Lipinski definition) is 5. The molecule has 26 heavy (non-hydrogen) atoms. The zero-order valence-electron chi connectivity index (χ0n) is 15.7. The first-order valence-corrected chi connectivity index (χ1v) is 9.35. The molecule has 0 radical (unpaired) electrons. The van der Waals surface area contributed by atoms with Crippen LogP contribution in [0.2, 0.25) is 0 Å². The van der Waals surface area contributed by atoms with Crippen molar-refractivity contribution >= 4 is 5.91 Å². The molecule has 6 nitrogen and oxygen atoms in total. The summed E-state index contributed by atoms with van der Waals surface area (Å²) in [7, 11) is 3.33. The summed E-state index contributed by atoms with van der Waals surface area (Å²) in [6.07, 6.45) is 3.90. The number of carbonyl (C=O) groups excluding carboxylic acids is 1. The minimum atomic E-state index is -0.0706. The Morgan fingerprint density at radius 1 is 1.23 bits per heavy atom. The Morgan fingerprint density at radius 2 is 1.96 bits per heavy atom. The monoisotopic (exact) mass is 363 g/mol. The van der Waals surface area contributed by atoms with Crippen LogP contribution in [0.5, 0.6) is 11.5 Å². The Hall–Kier alpha value is -1.79. The lowest BCUT2D eigenvalue weighted by Gasteiger charge is -2.42. The van der Waals surface area contributed by atoms with Crippen molar-refractivity contribution in [2.75, 3.05) is 47.1 Å². The third kappa shape index (κ3) is 4.13. The lowest BCUT2D eigenvalue weighted by molar-refractivity contribution is -0.139. The molecule has 0 bridgehead atoms. The normalized spacial score (nSPS) is 21.8. The number of carbonyl (C=O) groups is 1. The van der Waals surface area contributed by atoms with Crippen LogP contribution in [0, 0.1) is 5.92 Å². The van der Waals surface area contributed by atoms with Crippen molar-refractivity contribution in [2.24, 2.45) is 5.92 Å². The number of rotatable bonds is 7. The van der Waals surface area contributed by atoms with Crippen LogP contribution < -0.4 is 9.47 Å². The van der Waals surface area contributed by atoms with Crippen LogP contribution in [-0.2, 0) is 14.3 Å². The Labute approximate surface area is 155 Å². The highest BCUT2D eigenvalue weighted by atomic mass is 16.5. The van der Waals surface area contributed by atoms with Crippen LogP contribution in [0.3, 0.4) is 0 Å². The van der Waals surface area contributed by atoms with Crippen LogP contribution >= 0.6 is 0 Å². The van der Waals surface area contributed by atoms with E-state index >= 15 is 0 Å². The average Bonchev–Trinajstić information content (AvgIpc) is 3.07. The number of hydrogen-bond donors (Lipinski definition) is 0. The molecule has 2 saturated heterocycles. The molecule has 1 aromatic rings. The molecule has 1 spiro atoms. The molecule has 0 saturated carbocycles. The van der Waals surface area contributed by atoms with E-state index in [0.717, 1.165) is 52.0 Å². The van der Waals surface area contributed by atoms with Crippen LogP contribution in [0.15, 0.2) is 24.3 Å². The number of likely N-dealkylation sites (tertiary alicyclic amines) is 1. The molecule has 1 amide bonds. The Kier molecular flexibility index (Phi) is 6.38. The predicted octanol–water partition coefficient (Wildman–Crippen LogP) is 2.51. The summed E-state index contributed by atoms with van der Waals surface area (Å²) in [5.41, 5.74) is -0.0706. The highest BCUT2D eigenvalue weighted by Gasteiger charge is 2.46. The zero-order valence-corrected chi connectivity index (χ0v) is 15.7. The van der Waals surface area contributed by atoms with Crippen LogP contribution in [-0.4, -0.2) is 63.5 Å². The van der Waals surface area contributed by atoms with Crippen LogP contribution in [0.25, 0.3) is 0 Å². The van der Waals surface area contributed by atoms with Gasteiger partial charge in [0, 0.05) is 33.4 Å². The molecule has 3 rings (SSSR count). The van der Waals surface area contributed by atoms with Gasteiger partial charge in [-0.25, -0.2) is 0 Å². The third-order valence-corrected chi connectivity index (χ3v) is 5.65. The maximum Gasteiger partial charge on any atom is 0.260 e. The zero-order chi connectivity index (χ0) is 18.4. The van der Waals surface area contributed by atoms with Gasteiger partial charge in [-0.05, 0) is 43.7 Å². The Morgan fingerprint density at radius 3 is 2.65 bits per heavy atom. The fourth-order valence-electron chi connectivity index (χ4n) is 4.11. The highest BCUT2D eigenvalue weighted by molar-refractivity contribution is 5.78. The van der Waals surface area contributed by atoms with Crippen molar-refractivity contribution in [3.63, 3.8) is 0 Å². The van der Waals surface area contributed by atoms with Gasteiger partial charge in [0.05, 0.1) is 12.7 Å². The van der Waals surface area contributed by atoms with E-state index < -0.39 is 0 Å². The average molecular weight is 363 g/mol. The maximum atomic E-state index is 12.5. The number of nitrogens with zero attached hydrogens (tertiary/aromatic N) is 1. The molecular formula is C20H29NO5. The number of para-hydroxylation sites is 2. The molecule has 2 heterocycles. The summed E-state index contributed by atoms with van der Waals surface area (Å²) >= 11 is 0. The van der Waals surface area contributed by atoms with E-state index in [1.54, 1.807) is 14.2 Å². The highest BCUT2D eigenvalue weighted by Crippen LogP contribution is 2.42. The molecule has 144 valence electrons. The Bertz CT molecular complexity index is 598. The molecule has 2 aliphatic rings. The minimum Gasteiger partial charge on any atom is -0.493 e. The van der Waals surface area contributed by atoms with Crippen LogP contribution in [0.1, 0.15) is 25.7 Å². The Balaban J connectivity index is 1.50. The smallest absolute Gasteiger partial charge is 0.260 e. The number of amides is 1. The molecule has 2 aliphatic heterocycles. The van der Waals surface area contributed by atoms with Gasteiger partial charge in [0.1, 0.15) is 0 Å². The van der Waals surface area contributed by atoms with E-state index in [-0.39, 0.29) is 18.1 Å². The van der Waals surface area contributed by atoms with E-state index in [1.807, 2.05) is 29.2 Å². The first-order valence-electron chi connectivity index (χ1n) is 9.35. The van der Waals surface area contributed by atoms with Crippen molar-refractivity contribution in [1.82, 2.24) is 4.90 Å². The second kappa shape index (κ2) is 8.73.